The van der Waals surface area contributed by atoms with Crippen LogP contribution in [0.25, 0.3) is 0 Å². The minimum absolute atomic E-state index is 0.0513. The fourth-order valence-corrected chi connectivity index (χ4v) is 1.38. The van der Waals surface area contributed by atoms with Gasteiger partial charge in [0.2, 0.25) is 0 Å². The first kappa shape index (κ1) is 10.9. The van der Waals surface area contributed by atoms with Crippen molar-refractivity contribution in [3.63, 3.8) is 0 Å². The molecule has 1 aliphatic heterocycles. The SMILES string of the molecule is C#CCCCNCCN1CCNC1=O. The van der Waals surface area contributed by atoms with Gasteiger partial charge in [0, 0.05) is 32.6 Å². The minimum Gasteiger partial charge on any atom is -0.336 e. The molecule has 4 nitrogen and oxygen atoms in total. The lowest BCUT2D eigenvalue weighted by Crippen LogP contribution is -2.34. The number of carbonyl (C=O) groups is 1. The highest BCUT2D eigenvalue weighted by Gasteiger charge is 2.17. The Morgan fingerprint density at radius 2 is 2.43 bits per heavy atom. The quantitative estimate of drug-likeness (QED) is 0.463. The van der Waals surface area contributed by atoms with Gasteiger partial charge in [-0.25, -0.2) is 4.79 Å². The lowest BCUT2D eigenvalue weighted by molar-refractivity contribution is 0.217. The molecule has 0 saturated carbocycles. The molecule has 78 valence electrons. The predicted octanol–water partition coefficient (Wildman–Crippen LogP) is 0.0146. The molecular formula is C10H17N3O. The van der Waals surface area contributed by atoms with Gasteiger partial charge >= 0.3 is 6.03 Å². The van der Waals surface area contributed by atoms with E-state index in [0.29, 0.717) is 0 Å². The molecule has 1 aliphatic rings. The normalized spacial score (nSPS) is 15.4. The van der Waals surface area contributed by atoms with Gasteiger partial charge in [0.1, 0.15) is 0 Å². The maximum atomic E-state index is 11.1. The molecule has 0 aromatic rings. The Morgan fingerprint density at radius 3 is 3.07 bits per heavy atom. The Bertz CT molecular complexity index is 222. The summed E-state index contributed by atoms with van der Waals surface area (Å²) in [6, 6.07) is 0.0513. The number of unbranched alkanes of at least 4 members (excludes halogenated alkanes) is 1. The molecular weight excluding hydrogens is 178 g/mol. The Morgan fingerprint density at radius 1 is 1.57 bits per heavy atom. The maximum absolute atomic E-state index is 11.1. The zero-order chi connectivity index (χ0) is 10.2. The van der Waals surface area contributed by atoms with E-state index in [1.807, 2.05) is 4.90 Å². The largest absolute Gasteiger partial charge is 0.336 e. The van der Waals surface area contributed by atoms with Crippen molar-refractivity contribution in [3.05, 3.63) is 0 Å². The lowest BCUT2D eigenvalue weighted by atomic mass is 10.3. The van der Waals surface area contributed by atoms with Crippen molar-refractivity contribution < 1.29 is 4.79 Å². The number of hydrogen-bond acceptors (Lipinski definition) is 2. The van der Waals surface area contributed by atoms with E-state index in [1.54, 1.807) is 0 Å². The van der Waals surface area contributed by atoms with Crippen LogP contribution in [0.2, 0.25) is 0 Å². The summed E-state index contributed by atoms with van der Waals surface area (Å²) < 4.78 is 0. The third-order valence-electron chi connectivity index (χ3n) is 2.18. The van der Waals surface area contributed by atoms with Crippen LogP contribution in [0, 0.1) is 12.3 Å². The zero-order valence-electron chi connectivity index (χ0n) is 8.38. The van der Waals surface area contributed by atoms with Crippen molar-refractivity contribution in [1.82, 2.24) is 15.5 Å². The molecule has 1 fully saturated rings. The number of rotatable bonds is 6. The monoisotopic (exact) mass is 195 g/mol. The van der Waals surface area contributed by atoms with Crippen LogP contribution in [0.5, 0.6) is 0 Å². The highest BCUT2D eigenvalue weighted by atomic mass is 16.2. The van der Waals surface area contributed by atoms with Crippen LogP contribution in [0.1, 0.15) is 12.8 Å². The van der Waals surface area contributed by atoms with Crippen LogP contribution in [0.15, 0.2) is 0 Å². The average molecular weight is 195 g/mol. The molecule has 1 heterocycles. The number of amides is 2. The minimum atomic E-state index is 0.0513. The van der Waals surface area contributed by atoms with Crippen LogP contribution in [0.3, 0.4) is 0 Å². The summed E-state index contributed by atoms with van der Waals surface area (Å²) in [5.74, 6) is 2.59. The van der Waals surface area contributed by atoms with Gasteiger partial charge in [-0.05, 0) is 13.0 Å². The van der Waals surface area contributed by atoms with Gasteiger partial charge in [-0.2, -0.15) is 0 Å². The summed E-state index contributed by atoms with van der Waals surface area (Å²) in [5, 5.41) is 6.01. The fourth-order valence-electron chi connectivity index (χ4n) is 1.38. The number of nitrogens with one attached hydrogen (secondary N) is 2. The number of nitrogens with zero attached hydrogens (tertiary/aromatic N) is 1. The van der Waals surface area contributed by atoms with Crippen LogP contribution in [-0.4, -0.2) is 43.7 Å². The molecule has 0 bridgehead atoms. The third kappa shape index (κ3) is 3.67. The summed E-state index contributed by atoms with van der Waals surface area (Å²) in [6.45, 7) is 4.15. The number of hydrogen-bond donors (Lipinski definition) is 2. The number of terminal acetylenes is 1. The second-order valence-corrected chi connectivity index (χ2v) is 3.28. The van der Waals surface area contributed by atoms with Crippen molar-refractivity contribution in [3.8, 4) is 12.3 Å². The molecule has 0 aliphatic carbocycles. The summed E-state index contributed by atoms with van der Waals surface area (Å²) in [7, 11) is 0. The van der Waals surface area contributed by atoms with Crippen molar-refractivity contribution in [2.75, 3.05) is 32.7 Å². The van der Waals surface area contributed by atoms with E-state index in [4.69, 9.17) is 6.42 Å². The first-order chi connectivity index (χ1) is 6.84. The van der Waals surface area contributed by atoms with Crippen LogP contribution >= 0.6 is 0 Å². The van der Waals surface area contributed by atoms with Crippen molar-refractivity contribution in [2.24, 2.45) is 0 Å². The molecule has 0 unspecified atom stereocenters. The van der Waals surface area contributed by atoms with Crippen LogP contribution < -0.4 is 10.6 Å². The highest BCUT2D eigenvalue weighted by molar-refractivity contribution is 5.76. The van der Waals surface area contributed by atoms with Gasteiger partial charge in [0.15, 0.2) is 0 Å². The maximum Gasteiger partial charge on any atom is 0.317 e. The van der Waals surface area contributed by atoms with E-state index in [9.17, 15) is 4.79 Å². The molecule has 0 aromatic carbocycles. The Kier molecular flexibility index (Phi) is 4.87. The predicted molar refractivity (Wildman–Crippen MR) is 55.9 cm³/mol. The molecule has 0 radical (unpaired) electrons. The molecule has 0 spiro atoms. The highest BCUT2D eigenvalue weighted by Crippen LogP contribution is 1.94. The standard InChI is InChI=1S/C10H17N3O/c1-2-3-4-5-11-6-8-13-9-7-12-10(13)14/h1,11H,3-9H2,(H,12,14). The van der Waals surface area contributed by atoms with Crippen molar-refractivity contribution in [2.45, 2.75) is 12.8 Å². The topological polar surface area (TPSA) is 44.4 Å². The van der Waals surface area contributed by atoms with Crippen LogP contribution in [-0.2, 0) is 0 Å². The number of carbonyl (C=O) groups excluding carboxylic acids is 1. The third-order valence-corrected chi connectivity index (χ3v) is 2.18. The molecule has 0 aromatic heterocycles. The second kappa shape index (κ2) is 6.28. The van der Waals surface area contributed by atoms with Gasteiger partial charge in [-0.15, -0.1) is 12.3 Å². The first-order valence-electron chi connectivity index (χ1n) is 5.01. The van der Waals surface area contributed by atoms with Crippen LogP contribution in [0.4, 0.5) is 4.79 Å². The molecule has 1 saturated heterocycles. The van der Waals surface area contributed by atoms with E-state index in [0.717, 1.165) is 45.6 Å². The van der Waals surface area contributed by atoms with E-state index in [-0.39, 0.29) is 6.03 Å². The van der Waals surface area contributed by atoms with E-state index in [2.05, 4.69) is 16.6 Å². The van der Waals surface area contributed by atoms with Gasteiger partial charge in [0.05, 0.1) is 0 Å². The lowest BCUT2D eigenvalue weighted by Gasteiger charge is -2.13. The fraction of sp³-hybridized carbons (Fsp3) is 0.700. The Balaban J connectivity index is 1.94. The van der Waals surface area contributed by atoms with E-state index < -0.39 is 0 Å². The van der Waals surface area contributed by atoms with E-state index >= 15 is 0 Å². The van der Waals surface area contributed by atoms with Gasteiger partial charge < -0.3 is 15.5 Å². The zero-order valence-corrected chi connectivity index (χ0v) is 8.38. The number of urea groups is 1. The summed E-state index contributed by atoms with van der Waals surface area (Å²) in [5.41, 5.74) is 0. The smallest absolute Gasteiger partial charge is 0.317 e. The Labute approximate surface area is 85.0 Å². The molecule has 4 heteroatoms. The van der Waals surface area contributed by atoms with Crippen molar-refractivity contribution >= 4 is 6.03 Å². The molecule has 14 heavy (non-hydrogen) atoms. The Hall–Kier alpha value is -1.21. The first-order valence-corrected chi connectivity index (χ1v) is 5.01. The molecule has 0 atom stereocenters. The van der Waals surface area contributed by atoms with E-state index in [1.165, 1.54) is 0 Å². The molecule has 2 N–H and O–H groups in total. The molecule has 1 rings (SSSR count). The van der Waals surface area contributed by atoms with Gasteiger partial charge in [0.25, 0.3) is 0 Å². The molecule has 2 amide bonds. The summed E-state index contributed by atoms with van der Waals surface area (Å²) in [4.78, 5) is 12.9. The van der Waals surface area contributed by atoms with Gasteiger partial charge in [-0.3, -0.25) is 0 Å². The summed E-state index contributed by atoms with van der Waals surface area (Å²) in [6.07, 6.45) is 6.94. The average Bonchev–Trinajstić information content (AvgIpc) is 2.58. The van der Waals surface area contributed by atoms with Crippen molar-refractivity contribution in [1.29, 1.82) is 0 Å². The van der Waals surface area contributed by atoms with Gasteiger partial charge in [-0.1, -0.05) is 0 Å². The summed E-state index contributed by atoms with van der Waals surface area (Å²) >= 11 is 0. The second-order valence-electron chi connectivity index (χ2n) is 3.28.